The number of ether oxygens (including phenoxy) is 5. The van der Waals surface area contributed by atoms with E-state index in [1.54, 1.807) is 25.3 Å². The largest absolute Gasteiger partial charge is 0.445 e. The van der Waals surface area contributed by atoms with E-state index in [-0.39, 0.29) is 13.2 Å². The first-order valence-corrected chi connectivity index (χ1v) is 18.4. The lowest BCUT2D eigenvalue weighted by Gasteiger charge is -2.42. The Bertz CT molecular complexity index is 1290. The number of nitrogens with one attached hydrogen (secondary N) is 1. The van der Waals surface area contributed by atoms with Gasteiger partial charge in [-0.1, -0.05) is 44.4 Å². The van der Waals surface area contributed by atoms with Crippen molar-refractivity contribution in [2.75, 3.05) is 61.7 Å². The molecule has 1 unspecified atom stereocenters. The van der Waals surface area contributed by atoms with Crippen LogP contribution in [0, 0.1) is 0 Å². The highest BCUT2D eigenvalue weighted by Gasteiger charge is 2.48. The molecule has 0 saturated carbocycles. The predicted molar refractivity (Wildman–Crippen MR) is 175 cm³/mol. The molecule has 0 bridgehead atoms. The molecule has 1 aromatic carbocycles. The van der Waals surface area contributed by atoms with Crippen LogP contribution in [-0.4, -0.2) is 77.5 Å². The van der Waals surface area contributed by atoms with Gasteiger partial charge in [-0.25, -0.2) is 14.6 Å². The maximum atomic E-state index is 13.9. The maximum Gasteiger partial charge on any atom is 0.416 e. The fourth-order valence-electron chi connectivity index (χ4n) is 4.94. The van der Waals surface area contributed by atoms with E-state index in [4.69, 9.17) is 28.7 Å². The van der Waals surface area contributed by atoms with Crippen molar-refractivity contribution in [3.05, 3.63) is 60.3 Å². The number of aromatic nitrogens is 1. The normalized spacial score (nSPS) is 15.2. The summed E-state index contributed by atoms with van der Waals surface area (Å²) in [4.78, 5) is 34.8. The average molecular weight is 629 g/mol. The molecule has 44 heavy (non-hydrogen) atoms. The number of pyridine rings is 1. The van der Waals surface area contributed by atoms with Gasteiger partial charge < -0.3 is 28.6 Å². The molecule has 12 heteroatoms. The Labute approximate surface area is 262 Å². The quantitative estimate of drug-likeness (QED) is 0.164. The summed E-state index contributed by atoms with van der Waals surface area (Å²) in [6.07, 6.45) is 0.326. The second-order valence-electron chi connectivity index (χ2n) is 12.5. The van der Waals surface area contributed by atoms with Crippen LogP contribution in [0.3, 0.4) is 0 Å². The Morgan fingerprint density at radius 2 is 1.86 bits per heavy atom. The second kappa shape index (κ2) is 15.0. The van der Waals surface area contributed by atoms with E-state index in [9.17, 15) is 9.59 Å². The molecule has 2 aromatic rings. The third kappa shape index (κ3) is 9.04. The van der Waals surface area contributed by atoms with Gasteiger partial charge in [0.1, 0.15) is 26.1 Å². The van der Waals surface area contributed by atoms with Crippen molar-refractivity contribution >= 4 is 37.5 Å². The lowest BCUT2D eigenvalue weighted by atomic mass is 10.1. The Kier molecular flexibility index (Phi) is 12.0. The van der Waals surface area contributed by atoms with Crippen LogP contribution in [0.5, 0.6) is 0 Å². The van der Waals surface area contributed by atoms with E-state index in [1.807, 2.05) is 45.9 Å². The molecule has 1 fully saturated rings. The number of benzene rings is 1. The fourth-order valence-corrected chi connectivity index (χ4v) is 7.02. The minimum Gasteiger partial charge on any atom is -0.445 e. The smallest absolute Gasteiger partial charge is 0.416 e. The number of nitrogens with zero attached hydrogens (tertiary/aromatic N) is 3. The topological polar surface area (TPSA) is 112 Å². The number of carbonyl (C=O) groups is 2. The molecule has 2 amide bonds. The summed E-state index contributed by atoms with van der Waals surface area (Å²) in [7, 11) is -0.605. The van der Waals surface area contributed by atoms with Crippen molar-refractivity contribution in [1.29, 1.82) is 0 Å². The SMILES string of the molecule is C=CCOC(=O)Nc1cccc(CN(C(=O)OC(C)(C)C)c2cc(N3CCOCC3)cc(C(OC)(OCC)[Si](C)(C)C)n2)c1. The first-order chi connectivity index (χ1) is 20.7. The Balaban J connectivity index is 2.16. The summed E-state index contributed by atoms with van der Waals surface area (Å²) >= 11 is 0. The van der Waals surface area contributed by atoms with E-state index < -0.39 is 31.3 Å². The lowest BCUT2D eigenvalue weighted by Crippen LogP contribution is -2.54. The average Bonchev–Trinajstić information content (AvgIpc) is 2.96. The summed E-state index contributed by atoms with van der Waals surface area (Å²) in [6.45, 7) is 20.6. The number of amides is 2. The van der Waals surface area contributed by atoms with Crippen LogP contribution in [0.2, 0.25) is 19.6 Å². The number of hydrogen-bond acceptors (Lipinski definition) is 9. The highest BCUT2D eigenvalue weighted by atomic mass is 28.3. The summed E-state index contributed by atoms with van der Waals surface area (Å²) in [5, 5.41) is 2.71. The molecular formula is C32H48N4O7Si. The second-order valence-corrected chi connectivity index (χ2v) is 17.6. The van der Waals surface area contributed by atoms with Gasteiger partial charge in [0.15, 0.2) is 5.41 Å². The van der Waals surface area contributed by atoms with Crippen LogP contribution in [-0.2, 0) is 35.6 Å². The monoisotopic (exact) mass is 628 g/mol. The molecule has 1 aliphatic heterocycles. The van der Waals surface area contributed by atoms with Crippen molar-refractivity contribution in [2.24, 2.45) is 0 Å². The Hall–Kier alpha value is -3.45. The molecule has 0 radical (unpaired) electrons. The molecule has 1 atom stereocenters. The number of rotatable bonds is 12. The third-order valence-corrected chi connectivity index (χ3v) is 9.45. The van der Waals surface area contributed by atoms with Crippen LogP contribution >= 0.6 is 0 Å². The first-order valence-electron chi connectivity index (χ1n) is 14.9. The highest BCUT2D eigenvalue weighted by Crippen LogP contribution is 2.39. The summed E-state index contributed by atoms with van der Waals surface area (Å²) in [5.74, 6) is 0.390. The van der Waals surface area contributed by atoms with E-state index in [0.717, 1.165) is 11.3 Å². The van der Waals surface area contributed by atoms with Crippen molar-refractivity contribution in [3.63, 3.8) is 0 Å². The van der Waals surface area contributed by atoms with E-state index >= 15 is 0 Å². The van der Waals surface area contributed by atoms with Crippen molar-refractivity contribution in [2.45, 2.75) is 64.9 Å². The van der Waals surface area contributed by atoms with Crippen molar-refractivity contribution in [1.82, 2.24) is 4.98 Å². The van der Waals surface area contributed by atoms with Crippen LogP contribution in [0.4, 0.5) is 26.8 Å². The van der Waals surface area contributed by atoms with Gasteiger partial charge in [-0.3, -0.25) is 10.2 Å². The molecule has 242 valence electrons. The van der Waals surface area contributed by atoms with Crippen molar-refractivity contribution in [3.8, 4) is 0 Å². The summed E-state index contributed by atoms with van der Waals surface area (Å²) in [5.41, 5.74) is 0.901. The maximum absolute atomic E-state index is 13.9. The van der Waals surface area contributed by atoms with Gasteiger partial charge in [0.25, 0.3) is 0 Å². The molecule has 1 N–H and O–H groups in total. The minimum atomic E-state index is -2.24. The number of anilines is 3. The van der Waals surface area contributed by atoms with Gasteiger partial charge in [0.05, 0.1) is 25.5 Å². The zero-order chi connectivity index (χ0) is 32.5. The zero-order valence-electron chi connectivity index (χ0n) is 27.4. The van der Waals surface area contributed by atoms with Crippen LogP contribution < -0.4 is 15.1 Å². The Morgan fingerprint density at radius 1 is 1.16 bits per heavy atom. The van der Waals surface area contributed by atoms with Crippen LogP contribution in [0.1, 0.15) is 39.0 Å². The van der Waals surface area contributed by atoms with Gasteiger partial charge in [0, 0.05) is 44.2 Å². The van der Waals surface area contributed by atoms with Gasteiger partial charge >= 0.3 is 12.2 Å². The predicted octanol–water partition coefficient (Wildman–Crippen LogP) is 6.31. The molecule has 11 nitrogen and oxygen atoms in total. The van der Waals surface area contributed by atoms with Crippen LogP contribution in [0.25, 0.3) is 0 Å². The van der Waals surface area contributed by atoms with E-state index in [1.165, 1.54) is 11.0 Å². The number of carbonyl (C=O) groups excluding carboxylic acids is 2. The molecule has 1 aromatic heterocycles. The number of hydrogen-bond donors (Lipinski definition) is 1. The molecule has 3 rings (SSSR count). The first kappa shape index (κ1) is 35.0. The van der Waals surface area contributed by atoms with Gasteiger partial charge in [-0.15, -0.1) is 0 Å². The molecular weight excluding hydrogens is 580 g/mol. The fraction of sp³-hybridized carbons (Fsp3) is 0.531. The van der Waals surface area contributed by atoms with Gasteiger partial charge in [-0.05, 0) is 51.5 Å². The van der Waals surface area contributed by atoms with Crippen molar-refractivity contribution < 1.29 is 33.3 Å². The van der Waals surface area contributed by atoms with Gasteiger partial charge in [-0.2, -0.15) is 0 Å². The zero-order valence-corrected chi connectivity index (χ0v) is 28.4. The Morgan fingerprint density at radius 3 is 2.45 bits per heavy atom. The van der Waals surface area contributed by atoms with Gasteiger partial charge in [0.2, 0.25) is 0 Å². The summed E-state index contributed by atoms with van der Waals surface area (Å²) in [6, 6.07) is 11.1. The lowest BCUT2D eigenvalue weighted by molar-refractivity contribution is -0.176. The third-order valence-electron chi connectivity index (χ3n) is 6.87. The molecule has 1 saturated heterocycles. The number of methoxy groups -OCH3 is 1. The van der Waals surface area contributed by atoms with E-state index in [2.05, 4.69) is 36.4 Å². The van der Waals surface area contributed by atoms with E-state index in [0.29, 0.717) is 50.1 Å². The molecule has 0 aliphatic carbocycles. The number of morpholine rings is 1. The summed E-state index contributed by atoms with van der Waals surface area (Å²) < 4.78 is 29.1. The standard InChI is InChI=1S/C32H48N4O7Si/c1-10-17-41-29(37)33-25-14-12-13-24(20-25)23-36(30(38)43-31(3,4)5)28-22-26(35-15-18-40-19-16-35)21-27(34-28)32(39-6,42-11-2)44(7,8)9/h10,12-14,20-22H,1,11,15-19,23H2,2-9H3,(H,33,37). The molecule has 2 heterocycles. The highest BCUT2D eigenvalue weighted by molar-refractivity contribution is 6.78. The van der Waals surface area contributed by atoms with Crippen LogP contribution in [0.15, 0.2) is 49.1 Å². The molecule has 1 aliphatic rings. The minimum absolute atomic E-state index is 0.0908. The molecule has 0 spiro atoms.